The molecule has 0 spiro atoms. The molecular weight excluding hydrogens is 498 g/mol. The summed E-state index contributed by atoms with van der Waals surface area (Å²) in [6.45, 7) is 7.61. The average molecular weight is 526 g/mol. The van der Waals surface area contributed by atoms with Crippen LogP contribution in [0.5, 0.6) is 0 Å². The smallest absolute Gasteiger partial charge is 0.308 e. The van der Waals surface area contributed by atoms with Gasteiger partial charge in [0.15, 0.2) is 5.82 Å². The Morgan fingerprint density at radius 3 is 2.45 bits per heavy atom. The molecule has 38 heavy (non-hydrogen) atoms. The third-order valence-corrected chi connectivity index (χ3v) is 7.90. The van der Waals surface area contributed by atoms with Gasteiger partial charge in [0, 0.05) is 27.8 Å². The van der Waals surface area contributed by atoms with Gasteiger partial charge in [0.25, 0.3) is 0 Å². The van der Waals surface area contributed by atoms with Crippen LogP contribution in [-0.2, 0) is 9.59 Å². The highest BCUT2D eigenvalue weighted by molar-refractivity contribution is 7.15. The molecule has 9 heteroatoms. The van der Waals surface area contributed by atoms with Crippen LogP contribution in [0.25, 0.3) is 11.1 Å². The van der Waals surface area contributed by atoms with Crippen LogP contribution in [0.3, 0.4) is 0 Å². The monoisotopic (exact) mass is 525 g/mol. The molecule has 0 radical (unpaired) electrons. The van der Waals surface area contributed by atoms with E-state index in [9.17, 15) is 14.7 Å². The van der Waals surface area contributed by atoms with Gasteiger partial charge in [-0.1, -0.05) is 42.5 Å². The molecule has 0 saturated carbocycles. The van der Waals surface area contributed by atoms with Crippen LogP contribution in [0.4, 0.5) is 5.69 Å². The summed E-state index contributed by atoms with van der Waals surface area (Å²) in [5.41, 5.74) is 5.13. The van der Waals surface area contributed by atoms with Crippen LogP contribution in [0.15, 0.2) is 65.7 Å². The van der Waals surface area contributed by atoms with Crippen molar-refractivity contribution >= 4 is 40.7 Å². The van der Waals surface area contributed by atoms with Crippen molar-refractivity contribution in [2.24, 2.45) is 10.9 Å². The van der Waals surface area contributed by atoms with Crippen LogP contribution >= 0.6 is 11.3 Å². The van der Waals surface area contributed by atoms with Gasteiger partial charge < -0.3 is 10.4 Å². The number of rotatable bonds is 6. The number of hydrogen-bond donors (Lipinski definition) is 2. The largest absolute Gasteiger partial charge is 0.481 e. The minimum absolute atomic E-state index is 0.233. The maximum absolute atomic E-state index is 12.4. The standard InChI is InChI=1S/C29H27N5O3S/c1-16-18(3)38-28-24(16)26(31-25(17(2)29(36)37)27-33-32-19(4)34(27)28)21-11-13-22(14-12-21)30-23(35)15-10-20-8-6-5-7-9-20/h5-15,17,25H,1-4H3,(H,30,35)(H,36,37)/t17?,25-/m0/s1. The number of carbonyl (C=O) groups is 2. The molecule has 192 valence electrons. The first-order valence-corrected chi connectivity index (χ1v) is 13.0. The first-order chi connectivity index (χ1) is 18.2. The number of fused-ring (bicyclic) bond motifs is 3. The quantitative estimate of drug-likeness (QED) is 0.322. The summed E-state index contributed by atoms with van der Waals surface area (Å²) in [7, 11) is 0. The molecule has 2 aromatic heterocycles. The number of thiophene rings is 1. The van der Waals surface area contributed by atoms with Gasteiger partial charge in [-0.2, -0.15) is 0 Å². The fourth-order valence-electron chi connectivity index (χ4n) is 4.45. The first-order valence-electron chi connectivity index (χ1n) is 12.2. The third-order valence-electron chi connectivity index (χ3n) is 6.70. The summed E-state index contributed by atoms with van der Waals surface area (Å²) in [4.78, 5) is 30.6. The molecule has 0 saturated heterocycles. The summed E-state index contributed by atoms with van der Waals surface area (Å²) < 4.78 is 1.94. The summed E-state index contributed by atoms with van der Waals surface area (Å²) in [6, 6.07) is 16.3. The zero-order valence-electron chi connectivity index (χ0n) is 21.5. The van der Waals surface area contributed by atoms with E-state index < -0.39 is 17.9 Å². The van der Waals surface area contributed by atoms with Crippen molar-refractivity contribution in [3.63, 3.8) is 0 Å². The van der Waals surface area contributed by atoms with Gasteiger partial charge >= 0.3 is 5.97 Å². The van der Waals surface area contributed by atoms with Crippen LogP contribution in [-0.4, -0.2) is 37.5 Å². The molecule has 1 amide bonds. The Balaban J connectivity index is 1.51. The van der Waals surface area contributed by atoms with Crippen molar-refractivity contribution in [3.05, 3.63) is 99.5 Å². The van der Waals surface area contributed by atoms with Crippen molar-refractivity contribution in [1.82, 2.24) is 14.8 Å². The molecule has 0 fully saturated rings. The molecule has 0 aliphatic carbocycles. The highest BCUT2D eigenvalue weighted by atomic mass is 32.1. The molecule has 1 unspecified atom stereocenters. The molecule has 2 atom stereocenters. The lowest BCUT2D eigenvalue weighted by Crippen LogP contribution is -2.21. The fourth-order valence-corrected chi connectivity index (χ4v) is 5.66. The van der Waals surface area contributed by atoms with E-state index in [1.165, 1.54) is 6.08 Å². The number of aliphatic imine (C=N–C) groups is 1. The molecule has 2 N–H and O–H groups in total. The molecule has 2 aromatic carbocycles. The molecule has 3 heterocycles. The zero-order valence-corrected chi connectivity index (χ0v) is 22.3. The lowest BCUT2D eigenvalue weighted by Gasteiger charge is -2.16. The van der Waals surface area contributed by atoms with Crippen LogP contribution in [0.2, 0.25) is 0 Å². The lowest BCUT2D eigenvalue weighted by atomic mass is 9.98. The normalized spacial score (nSPS) is 15.4. The number of nitrogens with one attached hydrogen (secondary N) is 1. The lowest BCUT2D eigenvalue weighted by molar-refractivity contribution is -0.141. The van der Waals surface area contributed by atoms with Crippen molar-refractivity contribution < 1.29 is 14.7 Å². The molecule has 4 aromatic rings. The van der Waals surface area contributed by atoms with E-state index in [0.29, 0.717) is 23.0 Å². The molecule has 0 bridgehead atoms. The van der Waals surface area contributed by atoms with E-state index in [4.69, 9.17) is 4.99 Å². The van der Waals surface area contributed by atoms with E-state index in [1.807, 2.05) is 73.0 Å². The number of aliphatic carboxylic acids is 1. The van der Waals surface area contributed by atoms with Gasteiger partial charge in [-0.05, 0) is 57.0 Å². The number of nitrogens with zero attached hydrogens (tertiary/aromatic N) is 4. The summed E-state index contributed by atoms with van der Waals surface area (Å²) in [5, 5.41) is 22.3. The van der Waals surface area contributed by atoms with Crippen LogP contribution in [0.1, 0.15) is 51.7 Å². The number of anilines is 1. The number of carbonyl (C=O) groups excluding carboxylic acids is 1. The number of aromatic nitrogens is 3. The number of benzene rings is 2. The topological polar surface area (TPSA) is 109 Å². The number of carboxylic acid groups (broad SMARTS) is 1. The van der Waals surface area contributed by atoms with Gasteiger partial charge in [0.05, 0.1) is 11.6 Å². The van der Waals surface area contributed by atoms with E-state index in [2.05, 4.69) is 22.4 Å². The van der Waals surface area contributed by atoms with Crippen molar-refractivity contribution in [3.8, 4) is 5.00 Å². The van der Waals surface area contributed by atoms with E-state index >= 15 is 0 Å². The third kappa shape index (κ3) is 4.68. The second-order valence-electron chi connectivity index (χ2n) is 9.26. The molecule has 1 aliphatic rings. The van der Waals surface area contributed by atoms with Gasteiger partial charge in [-0.15, -0.1) is 21.5 Å². The van der Waals surface area contributed by atoms with Gasteiger partial charge in [-0.3, -0.25) is 19.1 Å². The maximum Gasteiger partial charge on any atom is 0.308 e. The SMILES string of the molecule is Cc1sc2c(c1C)C(c1ccc(NC(=O)C=Cc3ccccc3)cc1)=N[C@@H](C(C)C(=O)O)c1nnc(C)n1-2. The predicted octanol–water partition coefficient (Wildman–Crippen LogP) is 5.52. The first kappa shape index (κ1) is 25.3. The minimum Gasteiger partial charge on any atom is -0.481 e. The number of amides is 1. The molecule has 5 rings (SSSR count). The van der Waals surface area contributed by atoms with Crippen molar-refractivity contribution in [1.29, 1.82) is 0 Å². The Labute approximate surface area is 224 Å². The Morgan fingerprint density at radius 1 is 1.05 bits per heavy atom. The highest BCUT2D eigenvalue weighted by Gasteiger charge is 2.36. The molecule has 1 aliphatic heterocycles. The maximum atomic E-state index is 12.4. The average Bonchev–Trinajstić information content (AvgIpc) is 3.38. The van der Waals surface area contributed by atoms with Crippen molar-refractivity contribution in [2.75, 3.05) is 5.32 Å². The fraction of sp³-hybridized carbons (Fsp3) is 0.207. The van der Waals surface area contributed by atoms with E-state index in [1.54, 1.807) is 24.3 Å². The van der Waals surface area contributed by atoms with Crippen molar-refractivity contribution in [2.45, 2.75) is 33.7 Å². The van der Waals surface area contributed by atoms with Crippen LogP contribution < -0.4 is 5.32 Å². The summed E-state index contributed by atoms with van der Waals surface area (Å²) >= 11 is 1.62. The Bertz CT molecular complexity index is 1580. The van der Waals surface area contributed by atoms with Gasteiger partial charge in [-0.25, -0.2) is 0 Å². The summed E-state index contributed by atoms with van der Waals surface area (Å²) in [6.07, 6.45) is 3.26. The Hall–Kier alpha value is -4.37. The number of hydrogen-bond acceptors (Lipinski definition) is 6. The minimum atomic E-state index is -0.954. The second kappa shape index (κ2) is 10.2. The van der Waals surface area contributed by atoms with E-state index in [0.717, 1.165) is 32.1 Å². The predicted molar refractivity (Wildman–Crippen MR) is 149 cm³/mol. The Morgan fingerprint density at radius 2 is 1.76 bits per heavy atom. The molecular formula is C29H27N5O3S. The van der Waals surface area contributed by atoms with Crippen LogP contribution in [0, 0.1) is 26.7 Å². The highest BCUT2D eigenvalue weighted by Crippen LogP contribution is 2.40. The summed E-state index contributed by atoms with van der Waals surface area (Å²) in [5.74, 6) is -0.793. The zero-order chi connectivity index (χ0) is 27.0. The van der Waals surface area contributed by atoms with Gasteiger partial charge in [0.1, 0.15) is 16.9 Å². The number of aryl methyl sites for hydroxylation is 2. The second-order valence-corrected chi connectivity index (χ2v) is 10.5. The number of carboxylic acids is 1. The molecule has 8 nitrogen and oxygen atoms in total. The van der Waals surface area contributed by atoms with E-state index in [-0.39, 0.29) is 5.91 Å². The Kier molecular flexibility index (Phi) is 6.77. The van der Waals surface area contributed by atoms with Gasteiger partial charge in [0.2, 0.25) is 5.91 Å².